The second-order valence-electron chi connectivity index (χ2n) is 2.47. The number of rotatable bonds is 3. The minimum Gasteiger partial charge on any atom is -0.493 e. The van der Waals surface area contributed by atoms with Gasteiger partial charge in [-0.1, -0.05) is 6.07 Å². The summed E-state index contributed by atoms with van der Waals surface area (Å²) in [6.45, 7) is 0. The van der Waals surface area contributed by atoms with Crippen molar-refractivity contribution in [2.24, 2.45) is 5.73 Å². The molecule has 0 saturated heterocycles. The maximum atomic E-state index is 5.27. The standard InChI is InChI=1S/C10H13NO2/c1-12-9-4-3-8(5-6-11)7-10(9)13-2/h3-7H,11H2,1-2H3. The van der Waals surface area contributed by atoms with E-state index in [2.05, 4.69) is 0 Å². The van der Waals surface area contributed by atoms with Crippen molar-refractivity contribution < 1.29 is 9.47 Å². The molecule has 0 aliphatic heterocycles. The molecule has 0 fully saturated rings. The van der Waals surface area contributed by atoms with Crippen LogP contribution in [0.25, 0.3) is 6.08 Å². The zero-order valence-electron chi connectivity index (χ0n) is 7.78. The van der Waals surface area contributed by atoms with E-state index in [4.69, 9.17) is 15.2 Å². The van der Waals surface area contributed by atoms with Crippen LogP contribution in [0.15, 0.2) is 24.4 Å². The lowest BCUT2D eigenvalue weighted by molar-refractivity contribution is 0.355. The zero-order chi connectivity index (χ0) is 9.68. The van der Waals surface area contributed by atoms with Crippen LogP contribution in [0.1, 0.15) is 5.56 Å². The van der Waals surface area contributed by atoms with Crippen LogP contribution in [0.4, 0.5) is 0 Å². The van der Waals surface area contributed by atoms with Crippen molar-refractivity contribution in [2.75, 3.05) is 14.2 Å². The van der Waals surface area contributed by atoms with E-state index in [0.29, 0.717) is 5.75 Å². The van der Waals surface area contributed by atoms with Crippen molar-refractivity contribution >= 4 is 6.08 Å². The third-order valence-corrected chi connectivity index (χ3v) is 1.70. The summed E-state index contributed by atoms with van der Waals surface area (Å²) in [6, 6.07) is 5.61. The summed E-state index contributed by atoms with van der Waals surface area (Å²) in [4.78, 5) is 0. The fourth-order valence-electron chi connectivity index (χ4n) is 1.07. The molecule has 3 heteroatoms. The predicted molar refractivity (Wildman–Crippen MR) is 52.8 cm³/mol. The molecule has 0 radical (unpaired) electrons. The number of ether oxygens (including phenoxy) is 2. The van der Waals surface area contributed by atoms with E-state index in [0.717, 1.165) is 11.3 Å². The Morgan fingerprint density at radius 3 is 2.38 bits per heavy atom. The van der Waals surface area contributed by atoms with Gasteiger partial charge < -0.3 is 15.2 Å². The van der Waals surface area contributed by atoms with Crippen molar-refractivity contribution in [3.05, 3.63) is 30.0 Å². The Bertz CT molecular complexity index is 308. The molecule has 1 rings (SSSR count). The van der Waals surface area contributed by atoms with Crippen LogP contribution in [-0.2, 0) is 0 Å². The molecule has 13 heavy (non-hydrogen) atoms. The summed E-state index contributed by atoms with van der Waals surface area (Å²) in [6.07, 6.45) is 3.28. The molecular weight excluding hydrogens is 166 g/mol. The molecule has 70 valence electrons. The molecule has 0 aliphatic carbocycles. The van der Waals surface area contributed by atoms with Crippen molar-refractivity contribution in [3.8, 4) is 11.5 Å². The Morgan fingerprint density at radius 1 is 1.15 bits per heavy atom. The molecule has 0 saturated carbocycles. The lowest BCUT2D eigenvalue weighted by atomic mass is 10.2. The quantitative estimate of drug-likeness (QED) is 0.767. The molecule has 0 unspecified atom stereocenters. The number of benzene rings is 1. The van der Waals surface area contributed by atoms with Gasteiger partial charge >= 0.3 is 0 Å². The van der Waals surface area contributed by atoms with Gasteiger partial charge in [-0.15, -0.1) is 0 Å². The second-order valence-corrected chi connectivity index (χ2v) is 2.47. The first-order chi connectivity index (χ1) is 6.31. The van der Waals surface area contributed by atoms with Crippen LogP contribution in [-0.4, -0.2) is 14.2 Å². The Kier molecular flexibility index (Phi) is 3.20. The van der Waals surface area contributed by atoms with Gasteiger partial charge in [0.1, 0.15) is 0 Å². The van der Waals surface area contributed by atoms with E-state index in [1.807, 2.05) is 18.2 Å². The van der Waals surface area contributed by atoms with Gasteiger partial charge in [-0.05, 0) is 30.0 Å². The SMILES string of the molecule is COc1ccc(C=CN)cc1OC. The van der Waals surface area contributed by atoms with E-state index in [-0.39, 0.29) is 0 Å². The molecular formula is C10H13NO2. The van der Waals surface area contributed by atoms with Crippen molar-refractivity contribution in [2.45, 2.75) is 0 Å². The van der Waals surface area contributed by atoms with Crippen molar-refractivity contribution in [1.82, 2.24) is 0 Å². The summed E-state index contributed by atoms with van der Waals surface area (Å²) in [5, 5.41) is 0. The highest BCUT2D eigenvalue weighted by atomic mass is 16.5. The van der Waals surface area contributed by atoms with E-state index in [1.165, 1.54) is 6.20 Å². The van der Waals surface area contributed by atoms with Gasteiger partial charge in [-0.2, -0.15) is 0 Å². The van der Waals surface area contributed by atoms with Gasteiger partial charge in [0, 0.05) is 0 Å². The lowest BCUT2D eigenvalue weighted by Gasteiger charge is -2.07. The highest BCUT2D eigenvalue weighted by Crippen LogP contribution is 2.27. The molecule has 0 spiro atoms. The topological polar surface area (TPSA) is 44.5 Å². The Balaban J connectivity index is 3.05. The van der Waals surface area contributed by atoms with Crippen molar-refractivity contribution in [3.63, 3.8) is 0 Å². The zero-order valence-corrected chi connectivity index (χ0v) is 7.78. The summed E-state index contributed by atoms with van der Waals surface area (Å²) in [5.74, 6) is 1.43. The van der Waals surface area contributed by atoms with Gasteiger partial charge in [-0.3, -0.25) is 0 Å². The highest BCUT2D eigenvalue weighted by Gasteiger charge is 2.01. The first-order valence-corrected chi connectivity index (χ1v) is 3.92. The largest absolute Gasteiger partial charge is 0.493 e. The second kappa shape index (κ2) is 4.40. The first kappa shape index (κ1) is 9.45. The highest BCUT2D eigenvalue weighted by molar-refractivity contribution is 5.55. The van der Waals surface area contributed by atoms with Crippen LogP contribution in [0.2, 0.25) is 0 Å². The fraction of sp³-hybridized carbons (Fsp3) is 0.200. The minimum atomic E-state index is 0.707. The van der Waals surface area contributed by atoms with Crippen LogP contribution in [0, 0.1) is 0 Å². The average molecular weight is 179 g/mol. The number of hydrogen-bond acceptors (Lipinski definition) is 3. The van der Waals surface area contributed by atoms with Crippen molar-refractivity contribution in [1.29, 1.82) is 0 Å². The molecule has 0 aliphatic rings. The monoisotopic (exact) mass is 179 g/mol. The molecule has 0 aromatic heterocycles. The van der Waals surface area contributed by atoms with E-state index >= 15 is 0 Å². The third-order valence-electron chi connectivity index (χ3n) is 1.70. The molecule has 0 heterocycles. The van der Waals surface area contributed by atoms with Gasteiger partial charge in [0.2, 0.25) is 0 Å². The molecule has 0 bridgehead atoms. The number of hydrogen-bond donors (Lipinski definition) is 1. The molecule has 3 nitrogen and oxygen atoms in total. The first-order valence-electron chi connectivity index (χ1n) is 3.92. The van der Waals surface area contributed by atoms with Crippen LogP contribution in [0.5, 0.6) is 11.5 Å². The van der Waals surface area contributed by atoms with E-state index in [9.17, 15) is 0 Å². The maximum Gasteiger partial charge on any atom is 0.161 e. The lowest BCUT2D eigenvalue weighted by Crippen LogP contribution is -1.90. The average Bonchev–Trinajstić information content (AvgIpc) is 2.18. The summed E-state index contributed by atoms with van der Waals surface area (Å²) in [5.41, 5.74) is 6.26. The molecule has 2 N–H and O–H groups in total. The van der Waals surface area contributed by atoms with Gasteiger partial charge in [0.15, 0.2) is 11.5 Å². The minimum absolute atomic E-state index is 0.707. The summed E-state index contributed by atoms with van der Waals surface area (Å²) < 4.78 is 10.2. The molecule has 0 atom stereocenters. The van der Waals surface area contributed by atoms with Gasteiger partial charge in [-0.25, -0.2) is 0 Å². The van der Waals surface area contributed by atoms with Crippen LogP contribution >= 0.6 is 0 Å². The Hall–Kier alpha value is -1.64. The maximum absolute atomic E-state index is 5.27. The third kappa shape index (κ3) is 2.15. The molecule has 1 aromatic carbocycles. The molecule has 1 aromatic rings. The molecule has 0 amide bonds. The normalized spacial score (nSPS) is 10.3. The summed E-state index contributed by atoms with van der Waals surface area (Å²) in [7, 11) is 3.21. The fourth-order valence-corrected chi connectivity index (χ4v) is 1.07. The smallest absolute Gasteiger partial charge is 0.161 e. The number of nitrogens with two attached hydrogens (primary N) is 1. The van der Waals surface area contributed by atoms with Gasteiger partial charge in [0.05, 0.1) is 14.2 Å². The van der Waals surface area contributed by atoms with Gasteiger partial charge in [0.25, 0.3) is 0 Å². The number of methoxy groups -OCH3 is 2. The van der Waals surface area contributed by atoms with Crippen LogP contribution < -0.4 is 15.2 Å². The van der Waals surface area contributed by atoms with E-state index < -0.39 is 0 Å². The van der Waals surface area contributed by atoms with E-state index in [1.54, 1.807) is 20.3 Å². The summed E-state index contributed by atoms with van der Waals surface area (Å²) >= 11 is 0. The van der Waals surface area contributed by atoms with Crippen LogP contribution in [0.3, 0.4) is 0 Å². The predicted octanol–water partition coefficient (Wildman–Crippen LogP) is 1.63. The Morgan fingerprint density at radius 2 is 1.85 bits per heavy atom. The Labute approximate surface area is 77.8 Å².